The van der Waals surface area contributed by atoms with E-state index in [0.29, 0.717) is 11.3 Å². The van der Waals surface area contributed by atoms with Crippen molar-refractivity contribution in [3.8, 4) is 11.4 Å². The summed E-state index contributed by atoms with van der Waals surface area (Å²) in [4.78, 5) is 26.7. The second-order valence-electron chi connectivity index (χ2n) is 5.82. The summed E-state index contributed by atoms with van der Waals surface area (Å²) in [5, 5.41) is 4.48. The molecule has 154 valence electrons. The molecule has 2 N–H and O–H groups in total. The molecule has 0 atom stereocenters. The van der Waals surface area contributed by atoms with Gasteiger partial charge in [0, 0.05) is 17.8 Å². The molecule has 0 radical (unpaired) electrons. The minimum Gasteiger partial charge on any atom is -0.380 e. The van der Waals surface area contributed by atoms with Crippen molar-refractivity contribution in [2.75, 3.05) is 17.2 Å². The normalized spacial score (nSPS) is 12.3. The predicted molar refractivity (Wildman–Crippen MR) is 93.3 cm³/mol. The molecule has 13 heteroatoms. The van der Waals surface area contributed by atoms with Crippen LogP contribution in [0, 0.1) is 0 Å². The quantitative estimate of drug-likeness (QED) is 0.331. The number of aromatic nitrogens is 2. The molecule has 0 aliphatic rings. The van der Waals surface area contributed by atoms with Gasteiger partial charge in [-0.25, -0.2) is 0 Å². The van der Waals surface area contributed by atoms with Gasteiger partial charge in [-0.05, 0) is 35.9 Å². The lowest BCUT2D eigenvalue weighted by Crippen LogP contribution is -2.37. The minimum absolute atomic E-state index is 0.157. The number of anilines is 3. The fourth-order valence-corrected chi connectivity index (χ4v) is 2.39. The number of alkyl halides is 6. The molecule has 0 bridgehead atoms. The molecule has 0 spiro atoms. The van der Waals surface area contributed by atoms with Crippen LogP contribution in [0.1, 0.15) is 12.3 Å². The average Bonchev–Trinajstić information content (AvgIpc) is 3.14. The number of halogens is 6. The zero-order valence-corrected chi connectivity index (χ0v) is 14.9. The maximum Gasteiger partial charge on any atom is 0.400 e. The van der Waals surface area contributed by atoms with E-state index in [4.69, 9.17) is 11.6 Å². The highest BCUT2D eigenvalue weighted by atomic mass is 35.5. The van der Waals surface area contributed by atoms with E-state index in [1.807, 2.05) is 0 Å². The Balaban J connectivity index is 1.71. The van der Waals surface area contributed by atoms with Crippen molar-refractivity contribution < 1.29 is 26.5 Å². The highest BCUT2D eigenvalue weighted by Crippen LogP contribution is 2.32. The minimum atomic E-state index is -4.41. The third-order valence-electron chi connectivity index (χ3n) is 3.70. The Hall–Kier alpha value is -3.02. The lowest BCUT2D eigenvalue weighted by molar-refractivity contribution is -0.131. The average molecular weight is 437 g/mol. The Bertz CT molecular complexity index is 1080. The van der Waals surface area contributed by atoms with Crippen LogP contribution in [-0.4, -0.2) is 22.9 Å². The van der Waals surface area contributed by atoms with E-state index in [9.17, 15) is 31.5 Å². The van der Waals surface area contributed by atoms with Crippen LogP contribution in [0.2, 0.25) is 0 Å². The largest absolute Gasteiger partial charge is 0.400 e. The van der Waals surface area contributed by atoms with Crippen molar-refractivity contribution in [3.05, 3.63) is 50.6 Å². The van der Waals surface area contributed by atoms with E-state index >= 15 is 0 Å². The van der Waals surface area contributed by atoms with E-state index in [1.54, 1.807) is 0 Å². The smallest absolute Gasteiger partial charge is 0.380 e. The lowest BCUT2D eigenvalue weighted by Gasteiger charge is -2.15. The lowest BCUT2D eigenvalue weighted by atomic mass is 10.1. The van der Waals surface area contributed by atoms with E-state index in [0.717, 1.165) is 0 Å². The molecular weight excluding hydrogens is 427 g/mol. The fraction of sp³-hybridized carbons (Fsp3) is 0.250. The van der Waals surface area contributed by atoms with Gasteiger partial charge in [0.05, 0.1) is 6.42 Å². The summed E-state index contributed by atoms with van der Waals surface area (Å²) in [6.45, 7) is -0.562. The second-order valence-corrected chi connectivity index (χ2v) is 6.30. The van der Waals surface area contributed by atoms with Crippen LogP contribution < -0.4 is 21.5 Å². The Morgan fingerprint density at radius 3 is 2.17 bits per heavy atom. The van der Waals surface area contributed by atoms with Crippen LogP contribution in [0.15, 0.2) is 38.4 Å². The highest BCUT2D eigenvalue weighted by molar-refractivity contribution is 6.21. The van der Waals surface area contributed by atoms with E-state index < -0.39 is 41.3 Å². The van der Waals surface area contributed by atoms with Crippen molar-refractivity contribution in [1.29, 1.82) is 0 Å². The van der Waals surface area contributed by atoms with Crippen molar-refractivity contribution in [2.45, 2.75) is 18.0 Å². The van der Waals surface area contributed by atoms with Gasteiger partial charge in [0.2, 0.25) is 5.82 Å². The molecule has 29 heavy (non-hydrogen) atoms. The number of benzene rings is 1. The maximum absolute atomic E-state index is 12.9. The van der Waals surface area contributed by atoms with Crippen molar-refractivity contribution >= 4 is 28.7 Å². The molecule has 1 aromatic heterocycles. The summed E-state index contributed by atoms with van der Waals surface area (Å²) in [6, 6.07) is 5.65. The summed E-state index contributed by atoms with van der Waals surface area (Å²) in [5.41, 5.74) is -1.61. The molecule has 2 aromatic carbocycles. The van der Waals surface area contributed by atoms with Crippen LogP contribution >= 0.6 is 11.6 Å². The van der Waals surface area contributed by atoms with Crippen LogP contribution in [0.3, 0.4) is 0 Å². The molecule has 0 aliphatic carbocycles. The van der Waals surface area contributed by atoms with Crippen LogP contribution in [0.25, 0.3) is 11.4 Å². The third-order valence-corrected chi connectivity index (χ3v) is 3.86. The SMILES string of the molecule is O=c1c(NCCC(F)(F)F)c(Nc2ccc(-c3noc(C(F)(F)Cl)n3)cc2)c1=O. The summed E-state index contributed by atoms with van der Waals surface area (Å²) in [5.74, 6) is -1.23. The third kappa shape index (κ3) is 4.70. The summed E-state index contributed by atoms with van der Waals surface area (Å²) in [6.07, 6.45) is -5.58. The Labute approximate surface area is 163 Å². The van der Waals surface area contributed by atoms with Gasteiger partial charge < -0.3 is 15.2 Å². The van der Waals surface area contributed by atoms with Gasteiger partial charge in [0.1, 0.15) is 11.4 Å². The summed E-state index contributed by atoms with van der Waals surface area (Å²) < 4.78 is 66.8. The van der Waals surface area contributed by atoms with Gasteiger partial charge in [0.25, 0.3) is 10.9 Å². The molecular formula is C16H10ClF5N4O3. The first-order chi connectivity index (χ1) is 13.5. The number of hydrogen-bond donors (Lipinski definition) is 2. The van der Waals surface area contributed by atoms with Gasteiger partial charge in [-0.2, -0.15) is 26.9 Å². The molecule has 0 saturated carbocycles. The highest BCUT2D eigenvalue weighted by Gasteiger charge is 2.35. The van der Waals surface area contributed by atoms with Gasteiger partial charge >= 0.3 is 17.4 Å². The molecule has 0 aliphatic heterocycles. The molecule has 3 aromatic rings. The number of nitrogens with one attached hydrogen (secondary N) is 2. The summed E-state index contributed by atoms with van der Waals surface area (Å²) in [7, 11) is 0. The number of hydrogen-bond acceptors (Lipinski definition) is 7. The first-order valence-electron chi connectivity index (χ1n) is 7.88. The molecule has 7 nitrogen and oxygen atoms in total. The molecule has 0 saturated heterocycles. The van der Waals surface area contributed by atoms with Crippen molar-refractivity contribution in [2.24, 2.45) is 0 Å². The summed E-state index contributed by atoms with van der Waals surface area (Å²) >= 11 is 4.79. The van der Waals surface area contributed by atoms with E-state index in [1.165, 1.54) is 24.3 Å². The second kappa shape index (κ2) is 7.43. The van der Waals surface area contributed by atoms with Crippen LogP contribution in [0.4, 0.5) is 39.0 Å². The van der Waals surface area contributed by atoms with E-state index in [-0.39, 0.29) is 17.2 Å². The van der Waals surface area contributed by atoms with Crippen molar-refractivity contribution in [3.63, 3.8) is 0 Å². The Kier molecular flexibility index (Phi) is 5.30. The Morgan fingerprint density at radius 2 is 1.62 bits per heavy atom. The number of nitrogens with zero attached hydrogens (tertiary/aromatic N) is 2. The molecule has 0 fully saturated rings. The Morgan fingerprint density at radius 1 is 1.00 bits per heavy atom. The fourth-order valence-electron chi connectivity index (χ4n) is 2.31. The monoisotopic (exact) mass is 436 g/mol. The topological polar surface area (TPSA) is 97.1 Å². The first kappa shape index (κ1) is 20.7. The van der Waals surface area contributed by atoms with E-state index in [2.05, 4.69) is 25.3 Å². The molecule has 1 heterocycles. The van der Waals surface area contributed by atoms with Crippen molar-refractivity contribution in [1.82, 2.24) is 10.1 Å². The zero-order valence-electron chi connectivity index (χ0n) is 14.1. The predicted octanol–water partition coefficient (Wildman–Crippen LogP) is 3.73. The van der Waals surface area contributed by atoms with Crippen LogP contribution in [0.5, 0.6) is 0 Å². The number of rotatable bonds is 7. The maximum atomic E-state index is 12.9. The molecule has 3 rings (SSSR count). The van der Waals surface area contributed by atoms with Gasteiger partial charge in [-0.15, -0.1) is 0 Å². The van der Waals surface area contributed by atoms with Crippen LogP contribution in [-0.2, 0) is 5.38 Å². The van der Waals surface area contributed by atoms with Gasteiger partial charge in [-0.3, -0.25) is 9.59 Å². The van der Waals surface area contributed by atoms with Gasteiger partial charge in [0.15, 0.2) is 0 Å². The van der Waals surface area contributed by atoms with Gasteiger partial charge in [-0.1, -0.05) is 5.16 Å². The zero-order chi connectivity index (χ0) is 21.4. The molecule has 0 unspecified atom stereocenters. The molecule has 0 amide bonds. The first-order valence-corrected chi connectivity index (χ1v) is 8.26. The standard InChI is InChI=1S/C16H10ClF5N4O3/c17-16(21,22)14-25-13(26-29-14)7-1-3-8(4-2-7)24-10-9(11(27)12(10)28)23-6-5-15(18,19)20/h1-4,23-24H,5-6H2.